The van der Waals surface area contributed by atoms with E-state index in [2.05, 4.69) is 10.3 Å². The van der Waals surface area contributed by atoms with Gasteiger partial charge in [0.15, 0.2) is 17.3 Å². The van der Waals surface area contributed by atoms with Gasteiger partial charge < -0.3 is 24.3 Å². The zero-order valence-corrected chi connectivity index (χ0v) is 14.3. The molecular weight excluding hydrogens is 352 g/mol. The van der Waals surface area contributed by atoms with E-state index in [0.717, 1.165) is 17.9 Å². The second kappa shape index (κ2) is 8.05. The van der Waals surface area contributed by atoms with Crippen LogP contribution in [0.5, 0.6) is 11.5 Å². The number of aromatic nitrogens is 1. The molecule has 0 saturated carbocycles. The molecule has 0 unspecified atom stereocenters. The monoisotopic (exact) mass is 368 g/mol. The van der Waals surface area contributed by atoms with Gasteiger partial charge in [-0.15, -0.1) is 0 Å². The zero-order valence-electron chi connectivity index (χ0n) is 14.3. The molecule has 0 radical (unpaired) electrons. The Morgan fingerprint density at radius 3 is 2.59 bits per heavy atom. The summed E-state index contributed by atoms with van der Waals surface area (Å²) in [5.74, 6) is -0.907. The molecule has 138 valence electrons. The third-order valence-corrected chi connectivity index (χ3v) is 3.64. The average Bonchev–Trinajstić information content (AvgIpc) is 3.18. The smallest absolute Gasteiger partial charge is 0.338 e. The summed E-state index contributed by atoms with van der Waals surface area (Å²) in [6.07, 6.45) is 4.34. The van der Waals surface area contributed by atoms with Crippen molar-refractivity contribution in [3.05, 3.63) is 71.9 Å². The summed E-state index contributed by atoms with van der Waals surface area (Å²) in [7, 11) is 1.52. The van der Waals surface area contributed by atoms with Gasteiger partial charge in [0.25, 0.3) is 5.91 Å². The van der Waals surface area contributed by atoms with Crippen molar-refractivity contribution in [1.29, 1.82) is 0 Å². The average molecular weight is 368 g/mol. The number of carbonyl (C=O) groups excluding carboxylic acids is 1. The topological polar surface area (TPSA) is 111 Å². The van der Waals surface area contributed by atoms with Gasteiger partial charge in [0.05, 0.1) is 12.7 Å². The Morgan fingerprint density at radius 1 is 1.15 bits per heavy atom. The number of anilines is 1. The highest BCUT2D eigenvalue weighted by Gasteiger charge is 2.16. The molecule has 0 bridgehead atoms. The van der Waals surface area contributed by atoms with Gasteiger partial charge >= 0.3 is 5.97 Å². The van der Waals surface area contributed by atoms with E-state index in [0.29, 0.717) is 23.8 Å². The van der Waals surface area contributed by atoms with Crippen molar-refractivity contribution in [1.82, 2.24) is 4.98 Å². The highest BCUT2D eigenvalue weighted by molar-refractivity contribution is 6.03. The Kier molecular flexibility index (Phi) is 5.36. The zero-order chi connectivity index (χ0) is 19.2. The lowest BCUT2D eigenvalue weighted by molar-refractivity contribution is 0.0696. The molecule has 2 N–H and O–H groups in total. The minimum absolute atomic E-state index is 0.101. The fourth-order valence-corrected chi connectivity index (χ4v) is 2.27. The predicted molar refractivity (Wildman–Crippen MR) is 95.2 cm³/mol. The summed E-state index contributed by atoms with van der Waals surface area (Å²) >= 11 is 0. The maximum Gasteiger partial charge on any atom is 0.338 e. The van der Waals surface area contributed by atoms with Crippen LogP contribution in [0.3, 0.4) is 0 Å². The van der Waals surface area contributed by atoms with Gasteiger partial charge in [0, 0.05) is 30.2 Å². The number of hydrogen-bond acceptors (Lipinski definition) is 6. The maximum absolute atomic E-state index is 12.2. The summed E-state index contributed by atoms with van der Waals surface area (Å²) < 4.78 is 16.0. The molecule has 2 heterocycles. The molecule has 0 atom stereocenters. The summed E-state index contributed by atoms with van der Waals surface area (Å²) in [6.45, 7) is 0.302. The summed E-state index contributed by atoms with van der Waals surface area (Å²) in [6, 6.07) is 9.71. The molecule has 3 rings (SSSR count). The van der Waals surface area contributed by atoms with Crippen LogP contribution in [-0.4, -0.2) is 29.1 Å². The number of nitrogens with zero attached hydrogens (tertiary/aromatic N) is 1. The first-order valence-electron chi connectivity index (χ1n) is 7.89. The van der Waals surface area contributed by atoms with E-state index < -0.39 is 11.9 Å². The van der Waals surface area contributed by atoms with Crippen LogP contribution in [0.15, 0.2) is 59.5 Å². The van der Waals surface area contributed by atoms with E-state index in [4.69, 9.17) is 19.0 Å². The molecule has 0 aliphatic heterocycles. The van der Waals surface area contributed by atoms with Gasteiger partial charge in [-0.25, -0.2) is 4.79 Å². The Hall–Kier alpha value is -3.81. The van der Waals surface area contributed by atoms with Crippen LogP contribution in [0.4, 0.5) is 5.69 Å². The Labute approximate surface area is 154 Å². The Bertz CT molecular complexity index is 952. The first kappa shape index (κ1) is 18.0. The standard InChI is InChI=1S/C19H16N2O6/c1-25-15-3-2-14(9-16(15)26-10-12-4-6-20-7-5-12)21-18(22)17-8-13(11-27-17)19(23)24/h2-9,11H,10H2,1H3,(H,21,22)(H,23,24). The number of pyridine rings is 1. The van der Waals surface area contributed by atoms with E-state index in [1.54, 1.807) is 30.6 Å². The number of rotatable bonds is 7. The fourth-order valence-electron chi connectivity index (χ4n) is 2.27. The molecule has 8 heteroatoms. The second-order valence-electron chi connectivity index (χ2n) is 5.47. The van der Waals surface area contributed by atoms with Crippen molar-refractivity contribution in [3.63, 3.8) is 0 Å². The van der Waals surface area contributed by atoms with E-state index in [1.165, 1.54) is 7.11 Å². The second-order valence-corrected chi connectivity index (χ2v) is 5.47. The number of ether oxygens (including phenoxy) is 2. The van der Waals surface area contributed by atoms with Crippen LogP contribution in [-0.2, 0) is 6.61 Å². The van der Waals surface area contributed by atoms with E-state index in [9.17, 15) is 9.59 Å². The molecule has 1 amide bonds. The summed E-state index contributed by atoms with van der Waals surface area (Å²) in [5, 5.41) is 11.5. The van der Waals surface area contributed by atoms with Gasteiger partial charge in [-0.1, -0.05) is 0 Å². The van der Waals surface area contributed by atoms with Gasteiger partial charge in [0.2, 0.25) is 0 Å². The van der Waals surface area contributed by atoms with E-state index in [1.807, 2.05) is 12.1 Å². The molecule has 0 saturated heterocycles. The molecule has 27 heavy (non-hydrogen) atoms. The molecule has 1 aromatic carbocycles. The molecule has 3 aromatic rings. The van der Waals surface area contributed by atoms with Crippen molar-refractivity contribution >= 4 is 17.6 Å². The number of carbonyl (C=O) groups is 2. The number of methoxy groups -OCH3 is 1. The lowest BCUT2D eigenvalue weighted by Gasteiger charge is -2.12. The van der Waals surface area contributed by atoms with Gasteiger partial charge in [-0.2, -0.15) is 0 Å². The van der Waals surface area contributed by atoms with Crippen LogP contribution < -0.4 is 14.8 Å². The summed E-state index contributed by atoms with van der Waals surface area (Å²) in [5.41, 5.74) is 1.27. The molecule has 0 fully saturated rings. The number of carboxylic acids is 1. The van der Waals surface area contributed by atoms with Crippen molar-refractivity contribution in [3.8, 4) is 11.5 Å². The number of carboxylic acid groups (broad SMARTS) is 1. The third-order valence-electron chi connectivity index (χ3n) is 3.64. The van der Waals surface area contributed by atoms with Crippen LogP contribution in [0.25, 0.3) is 0 Å². The number of benzene rings is 1. The normalized spacial score (nSPS) is 10.3. The van der Waals surface area contributed by atoms with E-state index >= 15 is 0 Å². The first-order chi connectivity index (χ1) is 13.1. The molecule has 0 spiro atoms. The molecule has 0 aliphatic carbocycles. The number of furan rings is 1. The van der Waals surface area contributed by atoms with Gasteiger partial charge in [-0.3, -0.25) is 9.78 Å². The highest BCUT2D eigenvalue weighted by atomic mass is 16.5. The molecular formula is C19H16N2O6. The maximum atomic E-state index is 12.2. The lowest BCUT2D eigenvalue weighted by Crippen LogP contribution is -2.11. The van der Waals surface area contributed by atoms with Crippen LogP contribution in [0.1, 0.15) is 26.5 Å². The third kappa shape index (κ3) is 4.43. The van der Waals surface area contributed by atoms with Crippen molar-refractivity contribution < 1.29 is 28.6 Å². The fraction of sp³-hybridized carbons (Fsp3) is 0.105. The number of nitrogens with one attached hydrogen (secondary N) is 1. The number of aromatic carboxylic acids is 1. The van der Waals surface area contributed by atoms with Crippen LogP contribution in [0.2, 0.25) is 0 Å². The highest BCUT2D eigenvalue weighted by Crippen LogP contribution is 2.31. The van der Waals surface area contributed by atoms with Crippen LogP contribution in [0, 0.1) is 0 Å². The number of hydrogen-bond donors (Lipinski definition) is 2. The van der Waals surface area contributed by atoms with Crippen molar-refractivity contribution in [2.45, 2.75) is 6.61 Å². The Balaban J connectivity index is 1.73. The van der Waals surface area contributed by atoms with Gasteiger partial charge in [0.1, 0.15) is 12.9 Å². The van der Waals surface area contributed by atoms with Crippen LogP contribution >= 0.6 is 0 Å². The van der Waals surface area contributed by atoms with Gasteiger partial charge in [-0.05, 0) is 29.8 Å². The van der Waals surface area contributed by atoms with E-state index in [-0.39, 0.29) is 11.3 Å². The lowest BCUT2D eigenvalue weighted by atomic mass is 10.2. The number of amides is 1. The summed E-state index contributed by atoms with van der Waals surface area (Å²) in [4.78, 5) is 27.0. The SMILES string of the molecule is COc1ccc(NC(=O)c2cc(C(=O)O)co2)cc1OCc1ccncc1. The largest absolute Gasteiger partial charge is 0.493 e. The minimum Gasteiger partial charge on any atom is -0.493 e. The van der Waals surface area contributed by atoms with Crippen molar-refractivity contribution in [2.24, 2.45) is 0 Å². The molecule has 2 aromatic heterocycles. The predicted octanol–water partition coefficient (Wildman–Crippen LogP) is 3.21. The molecule has 8 nitrogen and oxygen atoms in total. The first-order valence-corrected chi connectivity index (χ1v) is 7.89. The molecule has 0 aliphatic rings. The van der Waals surface area contributed by atoms with Crippen molar-refractivity contribution in [2.75, 3.05) is 12.4 Å². The Morgan fingerprint density at radius 2 is 1.93 bits per heavy atom. The quantitative estimate of drug-likeness (QED) is 0.659. The minimum atomic E-state index is -1.17.